The highest BCUT2D eigenvalue weighted by molar-refractivity contribution is 5.93. The van der Waals surface area contributed by atoms with E-state index in [-0.39, 0.29) is 11.9 Å². The van der Waals surface area contributed by atoms with Crippen LogP contribution in [0.25, 0.3) is 0 Å². The fraction of sp³-hybridized carbons (Fsp3) is 0.529. The number of amides is 1. The van der Waals surface area contributed by atoms with Gasteiger partial charge in [-0.05, 0) is 55.9 Å². The van der Waals surface area contributed by atoms with Crippen LogP contribution >= 0.6 is 0 Å². The van der Waals surface area contributed by atoms with Crippen LogP contribution in [0.1, 0.15) is 42.5 Å². The Morgan fingerprint density at radius 3 is 2.41 bits per heavy atom. The van der Waals surface area contributed by atoms with Crippen molar-refractivity contribution in [2.45, 2.75) is 44.2 Å². The third kappa shape index (κ3) is 3.47. The third-order valence-corrected chi connectivity index (χ3v) is 4.63. The van der Waals surface area contributed by atoms with E-state index in [0.29, 0.717) is 30.0 Å². The lowest BCUT2D eigenvalue weighted by molar-refractivity contribution is -0.117. The first-order valence-electron chi connectivity index (χ1n) is 7.88. The van der Waals surface area contributed by atoms with Crippen molar-refractivity contribution >= 4 is 17.6 Å². The van der Waals surface area contributed by atoms with E-state index in [2.05, 4.69) is 15.4 Å². The zero-order chi connectivity index (χ0) is 15.5. The Bertz CT molecular complexity index is 544. The number of carbonyl (C=O) groups excluding carboxylic acids is 2. The van der Waals surface area contributed by atoms with Crippen LogP contribution < -0.4 is 10.6 Å². The predicted octanol–water partition coefficient (Wildman–Crippen LogP) is 2.33. The van der Waals surface area contributed by atoms with Crippen molar-refractivity contribution in [1.29, 1.82) is 0 Å². The molecule has 2 atom stereocenters. The highest BCUT2D eigenvalue weighted by atomic mass is 16.5. The Hall–Kier alpha value is -1.88. The molecule has 2 fully saturated rings. The van der Waals surface area contributed by atoms with Gasteiger partial charge in [0.1, 0.15) is 0 Å². The Morgan fingerprint density at radius 2 is 1.82 bits per heavy atom. The number of carbonyl (C=O) groups is 2. The summed E-state index contributed by atoms with van der Waals surface area (Å²) in [6.45, 7) is 0. The summed E-state index contributed by atoms with van der Waals surface area (Å²) in [5.74, 6) is 0.160. The molecule has 1 aromatic carbocycles. The first kappa shape index (κ1) is 15.0. The number of nitrogens with one attached hydrogen (secondary N) is 2. The molecule has 5 heteroatoms. The molecule has 5 nitrogen and oxygen atoms in total. The molecule has 1 amide bonds. The molecule has 0 spiro atoms. The number of hydrogen-bond acceptors (Lipinski definition) is 4. The molecule has 0 saturated carbocycles. The lowest BCUT2D eigenvalue weighted by Crippen LogP contribution is -2.39. The Morgan fingerprint density at radius 1 is 1.18 bits per heavy atom. The van der Waals surface area contributed by atoms with E-state index in [1.807, 2.05) is 0 Å². The zero-order valence-corrected chi connectivity index (χ0v) is 12.8. The molecule has 22 heavy (non-hydrogen) atoms. The van der Waals surface area contributed by atoms with Gasteiger partial charge in [-0.2, -0.15) is 0 Å². The summed E-state index contributed by atoms with van der Waals surface area (Å²) >= 11 is 0. The minimum atomic E-state index is -0.372. The quantitative estimate of drug-likeness (QED) is 0.838. The predicted molar refractivity (Wildman–Crippen MR) is 83.7 cm³/mol. The number of hydrogen-bond donors (Lipinski definition) is 2. The minimum Gasteiger partial charge on any atom is -0.465 e. The number of ether oxygens (including phenoxy) is 1. The molecule has 2 aliphatic heterocycles. The molecule has 2 N–H and O–H groups in total. The second-order valence-electron chi connectivity index (χ2n) is 6.30. The van der Waals surface area contributed by atoms with Crippen LogP contribution in [0.5, 0.6) is 0 Å². The third-order valence-electron chi connectivity index (χ3n) is 4.63. The molecule has 3 rings (SSSR count). The first-order chi connectivity index (χ1) is 10.6. The summed E-state index contributed by atoms with van der Waals surface area (Å²) < 4.78 is 4.65. The second-order valence-corrected chi connectivity index (χ2v) is 6.30. The van der Waals surface area contributed by atoms with Gasteiger partial charge in [-0.15, -0.1) is 0 Å². The Kier molecular flexibility index (Phi) is 4.43. The summed E-state index contributed by atoms with van der Waals surface area (Å²) in [6, 6.07) is 8.00. The highest BCUT2D eigenvalue weighted by Gasteiger charge is 2.34. The summed E-state index contributed by atoms with van der Waals surface area (Å²) in [5.41, 5.74) is 1.20. The van der Waals surface area contributed by atoms with E-state index in [1.54, 1.807) is 24.3 Å². The SMILES string of the molecule is COC(=O)c1ccc(NC(=O)CC2CC3CCC(C2)N3)cc1. The highest BCUT2D eigenvalue weighted by Crippen LogP contribution is 2.32. The van der Waals surface area contributed by atoms with Crippen molar-refractivity contribution in [3.8, 4) is 0 Å². The van der Waals surface area contributed by atoms with Gasteiger partial charge in [0, 0.05) is 24.2 Å². The van der Waals surface area contributed by atoms with Crippen molar-refractivity contribution in [2.75, 3.05) is 12.4 Å². The number of benzene rings is 1. The monoisotopic (exact) mass is 302 g/mol. The first-order valence-corrected chi connectivity index (χ1v) is 7.88. The van der Waals surface area contributed by atoms with Gasteiger partial charge in [-0.1, -0.05) is 0 Å². The van der Waals surface area contributed by atoms with Crippen LogP contribution in [-0.4, -0.2) is 31.1 Å². The maximum Gasteiger partial charge on any atom is 0.337 e. The molecular formula is C17H22N2O3. The molecule has 2 aliphatic rings. The van der Waals surface area contributed by atoms with E-state index >= 15 is 0 Å². The van der Waals surface area contributed by atoms with Gasteiger partial charge < -0.3 is 15.4 Å². The average molecular weight is 302 g/mol. The molecular weight excluding hydrogens is 280 g/mol. The summed E-state index contributed by atoms with van der Waals surface area (Å²) in [6.07, 6.45) is 5.28. The summed E-state index contributed by atoms with van der Waals surface area (Å²) in [7, 11) is 1.35. The normalized spacial score (nSPS) is 26.5. The smallest absolute Gasteiger partial charge is 0.337 e. The standard InChI is InChI=1S/C17H22N2O3/c1-22-17(21)12-2-4-13(5-3-12)19-16(20)10-11-8-14-6-7-15(9-11)18-14/h2-5,11,14-15,18H,6-10H2,1H3,(H,19,20). The number of rotatable bonds is 4. The molecule has 0 aromatic heterocycles. The van der Waals surface area contributed by atoms with Crippen LogP contribution in [0.15, 0.2) is 24.3 Å². The van der Waals surface area contributed by atoms with E-state index in [0.717, 1.165) is 18.5 Å². The van der Waals surface area contributed by atoms with Gasteiger partial charge in [0.05, 0.1) is 12.7 Å². The summed E-state index contributed by atoms with van der Waals surface area (Å²) in [4.78, 5) is 23.5. The Balaban J connectivity index is 1.52. The van der Waals surface area contributed by atoms with Crippen LogP contribution in [0.4, 0.5) is 5.69 Å². The van der Waals surface area contributed by atoms with E-state index in [4.69, 9.17) is 0 Å². The van der Waals surface area contributed by atoms with Gasteiger partial charge in [0.25, 0.3) is 0 Å². The molecule has 1 aromatic rings. The molecule has 2 bridgehead atoms. The van der Waals surface area contributed by atoms with Crippen molar-refractivity contribution in [3.63, 3.8) is 0 Å². The van der Waals surface area contributed by atoms with Crippen molar-refractivity contribution in [2.24, 2.45) is 5.92 Å². The molecule has 2 unspecified atom stereocenters. The lowest BCUT2D eigenvalue weighted by Gasteiger charge is -2.28. The number of methoxy groups -OCH3 is 1. The number of piperidine rings is 1. The largest absolute Gasteiger partial charge is 0.465 e. The van der Waals surface area contributed by atoms with Crippen molar-refractivity contribution < 1.29 is 14.3 Å². The lowest BCUT2D eigenvalue weighted by atomic mass is 9.89. The zero-order valence-electron chi connectivity index (χ0n) is 12.8. The van der Waals surface area contributed by atoms with Crippen LogP contribution in [0, 0.1) is 5.92 Å². The van der Waals surface area contributed by atoms with Crippen LogP contribution in [0.3, 0.4) is 0 Å². The molecule has 2 heterocycles. The van der Waals surface area contributed by atoms with Gasteiger partial charge in [-0.3, -0.25) is 4.79 Å². The average Bonchev–Trinajstić information content (AvgIpc) is 2.86. The van der Waals surface area contributed by atoms with E-state index < -0.39 is 0 Å². The van der Waals surface area contributed by atoms with Crippen molar-refractivity contribution in [1.82, 2.24) is 5.32 Å². The molecule has 118 valence electrons. The maximum atomic E-state index is 12.2. The summed E-state index contributed by atoms with van der Waals surface area (Å²) in [5, 5.41) is 6.50. The number of fused-ring (bicyclic) bond motifs is 2. The topological polar surface area (TPSA) is 67.4 Å². The van der Waals surface area contributed by atoms with E-state index in [1.165, 1.54) is 20.0 Å². The van der Waals surface area contributed by atoms with Crippen LogP contribution in [0.2, 0.25) is 0 Å². The molecule has 0 radical (unpaired) electrons. The van der Waals surface area contributed by atoms with Gasteiger partial charge >= 0.3 is 5.97 Å². The van der Waals surface area contributed by atoms with Gasteiger partial charge in [-0.25, -0.2) is 4.79 Å². The maximum absolute atomic E-state index is 12.2. The number of esters is 1. The van der Waals surface area contributed by atoms with Crippen LogP contribution in [-0.2, 0) is 9.53 Å². The fourth-order valence-corrected chi connectivity index (χ4v) is 3.62. The molecule has 2 saturated heterocycles. The number of anilines is 1. The van der Waals surface area contributed by atoms with Gasteiger partial charge in [0.2, 0.25) is 5.91 Å². The minimum absolute atomic E-state index is 0.0529. The Labute approximate surface area is 130 Å². The molecule has 0 aliphatic carbocycles. The second kappa shape index (κ2) is 6.48. The van der Waals surface area contributed by atoms with Crippen molar-refractivity contribution in [3.05, 3.63) is 29.8 Å². The fourth-order valence-electron chi connectivity index (χ4n) is 3.62. The van der Waals surface area contributed by atoms with Gasteiger partial charge in [0.15, 0.2) is 0 Å². The van der Waals surface area contributed by atoms with E-state index in [9.17, 15) is 9.59 Å².